The highest BCUT2D eigenvalue weighted by molar-refractivity contribution is 9.10. The quantitative estimate of drug-likeness (QED) is 0.660. The average molecular weight is 371 g/mol. The maximum Gasteiger partial charge on any atom is 0.290 e. The zero-order valence-electron chi connectivity index (χ0n) is 12.1. The fourth-order valence-electron chi connectivity index (χ4n) is 3.00. The van der Waals surface area contributed by atoms with E-state index in [-0.39, 0.29) is 17.1 Å². The number of carbonyl (C=O) groups excluding carboxylic acids is 1. The van der Waals surface area contributed by atoms with Gasteiger partial charge in [-0.3, -0.25) is 14.6 Å². The molecule has 2 aromatic heterocycles. The van der Waals surface area contributed by atoms with Gasteiger partial charge in [-0.2, -0.15) is 0 Å². The van der Waals surface area contributed by atoms with Crippen molar-refractivity contribution in [3.63, 3.8) is 0 Å². The molecule has 1 atom stereocenters. The predicted molar refractivity (Wildman–Crippen MR) is 88.4 cm³/mol. The highest BCUT2D eigenvalue weighted by atomic mass is 79.9. The number of hydrogen-bond donors (Lipinski definition) is 0. The summed E-state index contributed by atoms with van der Waals surface area (Å²) >= 11 is 3.36. The lowest BCUT2D eigenvalue weighted by Gasteiger charge is -2.19. The standard InChI is InChI=1S/C17H11BrN2O3/c1-20-14(9-4-6-19-7-5-9)13-15(21)11-8-10(18)2-3-12(11)23-16(13)17(20)22/h2-8,14H,1H3/t14-/m1/s1. The molecule has 6 heteroatoms. The Bertz CT molecular complexity index is 998. The first-order chi connectivity index (χ1) is 11.1. The third-order valence-electron chi connectivity index (χ3n) is 4.08. The molecule has 4 rings (SSSR count). The molecule has 0 aliphatic carbocycles. The normalized spacial score (nSPS) is 16.9. The van der Waals surface area contributed by atoms with Crippen LogP contribution in [-0.2, 0) is 0 Å². The summed E-state index contributed by atoms with van der Waals surface area (Å²) in [6.07, 6.45) is 3.29. The van der Waals surface area contributed by atoms with Crippen molar-refractivity contribution < 1.29 is 9.21 Å². The third-order valence-corrected chi connectivity index (χ3v) is 4.58. The van der Waals surface area contributed by atoms with Crippen LogP contribution >= 0.6 is 15.9 Å². The molecule has 5 nitrogen and oxygen atoms in total. The SMILES string of the molecule is CN1C(=O)c2oc3ccc(Br)cc3c(=O)c2[C@H]1c1ccncc1. The number of benzene rings is 1. The molecule has 1 aliphatic heterocycles. The van der Waals surface area contributed by atoms with Crippen LogP contribution in [0.5, 0.6) is 0 Å². The Morgan fingerprint density at radius 3 is 2.65 bits per heavy atom. The summed E-state index contributed by atoms with van der Waals surface area (Å²) in [6.45, 7) is 0. The Morgan fingerprint density at radius 1 is 1.17 bits per heavy atom. The van der Waals surface area contributed by atoms with Crippen LogP contribution in [0.15, 0.2) is 56.4 Å². The van der Waals surface area contributed by atoms with E-state index < -0.39 is 6.04 Å². The van der Waals surface area contributed by atoms with Gasteiger partial charge in [0, 0.05) is 23.9 Å². The number of nitrogens with zero attached hydrogens (tertiary/aromatic N) is 2. The molecular formula is C17H11BrN2O3. The Hall–Kier alpha value is -2.47. The fourth-order valence-corrected chi connectivity index (χ4v) is 3.36. The number of halogens is 1. The second-order valence-corrected chi connectivity index (χ2v) is 6.33. The lowest BCUT2D eigenvalue weighted by molar-refractivity contribution is 0.0771. The molecule has 0 saturated carbocycles. The monoisotopic (exact) mass is 370 g/mol. The van der Waals surface area contributed by atoms with Gasteiger partial charge in [-0.1, -0.05) is 15.9 Å². The highest BCUT2D eigenvalue weighted by Crippen LogP contribution is 2.36. The van der Waals surface area contributed by atoms with Crippen molar-refractivity contribution in [2.75, 3.05) is 7.05 Å². The van der Waals surface area contributed by atoms with Gasteiger partial charge >= 0.3 is 0 Å². The molecule has 0 saturated heterocycles. The van der Waals surface area contributed by atoms with Gasteiger partial charge in [-0.15, -0.1) is 0 Å². The van der Waals surface area contributed by atoms with E-state index in [4.69, 9.17) is 4.42 Å². The number of fused-ring (bicyclic) bond motifs is 2. The largest absolute Gasteiger partial charge is 0.450 e. The summed E-state index contributed by atoms with van der Waals surface area (Å²) in [5.41, 5.74) is 1.45. The van der Waals surface area contributed by atoms with E-state index in [1.54, 1.807) is 49.8 Å². The van der Waals surface area contributed by atoms with Gasteiger partial charge in [0.1, 0.15) is 5.58 Å². The van der Waals surface area contributed by atoms with Gasteiger partial charge in [0.05, 0.1) is 17.0 Å². The topological polar surface area (TPSA) is 63.4 Å². The third kappa shape index (κ3) is 2.02. The minimum Gasteiger partial charge on any atom is -0.450 e. The Kier molecular flexibility index (Phi) is 3.09. The van der Waals surface area contributed by atoms with Gasteiger partial charge in [0.2, 0.25) is 5.76 Å². The molecule has 1 amide bonds. The molecule has 23 heavy (non-hydrogen) atoms. The first kappa shape index (κ1) is 14.1. The summed E-state index contributed by atoms with van der Waals surface area (Å²) in [6, 6.07) is 8.32. The van der Waals surface area contributed by atoms with Crippen LogP contribution in [0.2, 0.25) is 0 Å². The first-order valence-corrected chi connectivity index (χ1v) is 7.80. The van der Waals surface area contributed by atoms with Crippen molar-refractivity contribution >= 4 is 32.8 Å². The van der Waals surface area contributed by atoms with E-state index in [0.717, 1.165) is 10.0 Å². The van der Waals surface area contributed by atoms with E-state index in [2.05, 4.69) is 20.9 Å². The highest BCUT2D eigenvalue weighted by Gasteiger charge is 2.40. The molecule has 0 fully saturated rings. The molecule has 0 radical (unpaired) electrons. The van der Waals surface area contributed by atoms with Crippen molar-refractivity contribution in [3.8, 4) is 0 Å². The number of rotatable bonds is 1. The fraction of sp³-hybridized carbons (Fsp3) is 0.118. The number of hydrogen-bond acceptors (Lipinski definition) is 4. The summed E-state index contributed by atoms with van der Waals surface area (Å²) < 4.78 is 6.53. The van der Waals surface area contributed by atoms with Crippen molar-refractivity contribution in [2.24, 2.45) is 0 Å². The van der Waals surface area contributed by atoms with Gasteiger partial charge in [-0.25, -0.2) is 0 Å². The number of pyridine rings is 1. The minimum atomic E-state index is -0.458. The van der Waals surface area contributed by atoms with Gasteiger partial charge < -0.3 is 9.32 Å². The molecule has 3 heterocycles. The average Bonchev–Trinajstić information content (AvgIpc) is 2.81. The lowest BCUT2D eigenvalue weighted by Crippen LogP contribution is -2.25. The number of amides is 1. The van der Waals surface area contributed by atoms with Gasteiger partial charge in [-0.05, 0) is 35.9 Å². The Balaban J connectivity index is 2.06. The summed E-state index contributed by atoms with van der Waals surface area (Å²) in [5.74, 6) is -0.169. The molecule has 0 unspecified atom stereocenters. The minimum absolute atomic E-state index is 0.120. The van der Waals surface area contributed by atoms with E-state index >= 15 is 0 Å². The van der Waals surface area contributed by atoms with E-state index in [9.17, 15) is 9.59 Å². The van der Waals surface area contributed by atoms with Crippen LogP contribution in [0, 0.1) is 0 Å². The van der Waals surface area contributed by atoms with E-state index in [0.29, 0.717) is 16.5 Å². The summed E-state index contributed by atoms with van der Waals surface area (Å²) in [5, 5.41) is 0.459. The molecule has 0 N–H and O–H groups in total. The smallest absolute Gasteiger partial charge is 0.290 e. The maximum atomic E-state index is 13.0. The van der Waals surface area contributed by atoms with Crippen LogP contribution in [0.4, 0.5) is 0 Å². The van der Waals surface area contributed by atoms with Crippen LogP contribution in [0.1, 0.15) is 27.7 Å². The van der Waals surface area contributed by atoms with Crippen molar-refractivity contribution in [1.82, 2.24) is 9.88 Å². The molecule has 0 bridgehead atoms. The molecule has 1 aliphatic rings. The molecule has 3 aromatic rings. The number of aromatic nitrogens is 1. The first-order valence-electron chi connectivity index (χ1n) is 7.01. The van der Waals surface area contributed by atoms with E-state index in [1.165, 1.54) is 4.90 Å². The van der Waals surface area contributed by atoms with Crippen LogP contribution in [-0.4, -0.2) is 22.8 Å². The molecule has 0 spiro atoms. The van der Waals surface area contributed by atoms with Crippen molar-refractivity contribution in [3.05, 3.63) is 74.3 Å². The Morgan fingerprint density at radius 2 is 1.91 bits per heavy atom. The number of carbonyl (C=O) groups is 1. The van der Waals surface area contributed by atoms with Crippen molar-refractivity contribution in [2.45, 2.75) is 6.04 Å². The second-order valence-electron chi connectivity index (χ2n) is 5.41. The van der Waals surface area contributed by atoms with Gasteiger partial charge in [0.15, 0.2) is 5.43 Å². The Labute approximate surface area is 139 Å². The zero-order chi connectivity index (χ0) is 16.1. The molecule has 114 valence electrons. The van der Waals surface area contributed by atoms with Crippen molar-refractivity contribution in [1.29, 1.82) is 0 Å². The second kappa shape index (κ2) is 5.03. The predicted octanol–water partition coefficient (Wildman–Crippen LogP) is 3.13. The maximum absolute atomic E-state index is 13.0. The van der Waals surface area contributed by atoms with Crippen LogP contribution in [0.3, 0.4) is 0 Å². The summed E-state index contributed by atoms with van der Waals surface area (Å²) in [7, 11) is 1.67. The van der Waals surface area contributed by atoms with Crippen LogP contribution in [0.25, 0.3) is 11.0 Å². The molecular weight excluding hydrogens is 360 g/mol. The van der Waals surface area contributed by atoms with E-state index in [1.807, 2.05) is 0 Å². The summed E-state index contributed by atoms with van der Waals surface area (Å²) in [4.78, 5) is 31.0. The zero-order valence-corrected chi connectivity index (χ0v) is 13.7. The molecule has 1 aromatic carbocycles. The lowest BCUT2D eigenvalue weighted by atomic mass is 10.00. The van der Waals surface area contributed by atoms with Gasteiger partial charge in [0.25, 0.3) is 5.91 Å². The van der Waals surface area contributed by atoms with Crippen LogP contribution < -0.4 is 5.43 Å².